The highest BCUT2D eigenvalue weighted by Crippen LogP contribution is 2.36. The molecule has 0 atom stereocenters. The van der Waals surface area contributed by atoms with Gasteiger partial charge in [0, 0.05) is 17.8 Å². The van der Waals surface area contributed by atoms with Crippen LogP contribution in [0.25, 0.3) is 11.1 Å². The fourth-order valence-corrected chi connectivity index (χ4v) is 3.65. The molecule has 0 unspecified atom stereocenters. The van der Waals surface area contributed by atoms with E-state index in [1.165, 1.54) is 22.3 Å². The Labute approximate surface area is 190 Å². The standard InChI is InChI=1S/C28H41N3/c1-10-25(29-19(3)4)27(30-20(5)6)31-26-18-22(23-15-13-12-14-21(23)7)16-17-24(26)28(8,9)11-2/h10,12-20,29H,11H2,1-9H3,(H,30,31)/b25-10+. The first-order chi connectivity index (χ1) is 14.6. The van der Waals surface area contributed by atoms with Gasteiger partial charge in [0.05, 0.1) is 5.70 Å². The summed E-state index contributed by atoms with van der Waals surface area (Å²) in [5, 5.41) is 7.28. The molecule has 31 heavy (non-hydrogen) atoms. The van der Waals surface area contributed by atoms with E-state index in [-0.39, 0.29) is 11.5 Å². The summed E-state index contributed by atoms with van der Waals surface area (Å²) in [6, 6.07) is 15.9. The summed E-state index contributed by atoms with van der Waals surface area (Å²) in [5.41, 5.74) is 7.28. The number of benzene rings is 2. The molecule has 3 nitrogen and oxygen atoms in total. The van der Waals surface area contributed by atoms with E-state index in [1.54, 1.807) is 0 Å². The Bertz CT molecular complexity index is 933. The lowest BCUT2D eigenvalue weighted by atomic mass is 9.80. The molecule has 0 saturated heterocycles. The lowest BCUT2D eigenvalue weighted by Gasteiger charge is -2.28. The van der Waals surface area contributed by atoms with E-state index in [4.69, 9.17) is 4.99 Å². The predicted molar refractivity (Wildman–Crippen MR) is 138 cm³/mol. The number of amidine groups is 1. The molecule has 0 bridgehead atoms. The van der Waals surface area contributed by atoms with Crippen molar-refractivity contribution < 1.29 is 0 Å². The van der Waals surface area contributed by atoms with Crippen molar-refractivity contribution in [2.75, 3.05) is 5.32 Å². The van der Waals surface area contributed by atoms with Crippen LogP contribution in [0.15, 0.2) is 59.2 Å². The van der Waals surface area contributed by atoms with Gasteiger partial charge in [-0.2, -0.15) is 0 Å². The number of allylic oxidation sites excluding steroid dienone is 1. The van der Waals surface area contributed by atoms with Gasteiger partial charge in [0.1, 0.15) is 5.84 Å². The first-order valence-corrected chi connectivity index (χ1v) is 11.6. The van der Waals surface area contributed by atoms with Gasteiger partial charge in [-0.1, -0.05) is 63.2 Å². The number of hydrogen-bond acceptors (Lipinski definition) is 2. The maximum Gasteiger partial charge on any atom is 0.149 e. The minimum atomic E-state index is 0.0527. The van der Waals surface area contributed by atoms with E-state index < -0.39 is 0 Å². The lowest BCUT2D eigenvalue weighted by molar-refractivity contribution is 0.508. The summed E-state index contributed by atoms with van der Waals surface area (Å²) >= 11 is 0. The Morgan fingerprint density at radius 3 is 2.29 bits per heavy atom. The van der Waals surface area contributed by atoms with Crippen molar-refractivity contribution in [3.63, 3.8) is 0 Å². The zero-order chi connectivity index (χ0) is 23.2. The Balaban J connectivity index is 2.64. The van der Waals surface area contributed by atoms with Crippen LogP contribution in [0.5, 0.6) is 0 Å². The van der Waals surface area contributed by atoms with Crippen LogP contribution in [0.2, 0.25) is 0 Å². The normalized spacial score (nSPS) is 13.1. The van der Waals surface area contributed by atoms with Crippen molar-refractivity contribution in [2.24, 2.45) is 4.99 Å². The van der Waals surface area contributed by atoms with Crippen LogP contribution in [-0.2, 0) is 5.41 Å². The second kappa shape index (κ2) is 10.7. The van der Waals surface area contributed by atoms with E-state index in [0.717, 1.165) is 23.6 Å². The molecule has 0 aliphatic carbocycles. The quantitative estimate of drug-likeness (QED) is 0.344. The molecule has 0 amide bonds. The van der Waals surface area contributed by atoms with E-state index in [1.807, 2.05) is 0 Å². The van der Waals surface area contributed by atoms with Crippen LogP contribution >= 0.6 is 0 Å². The molecule has 2 aromatic carbocycles. The zero-order valence-corrected chi connectivity index (χ0v) is 20.9. The molecular formula is C28H41N3. The molecule has 0 radical (unpaired) electrons. The minimum absolute atomic E-state index is 0.0527. The van der Waals surface area contributed by atoms with E-state index in [9.17, 15) is 0 Å². The SMILES string of the molecule is C/C=C(/NC(C)C)C(=NC(C)C)Nc1cc(-c2ccccc2C)ccc1C(C)(C)CC. The van der Waals surface area contributed by atoms with Crippen molar-refractivity contribution in [1.82, 2.24) is 5.32 Å². The molecule has 2 rings (SSSR count). The average Bonchev–Trinajstić information content (AvgIpc) is 2.71. The van der Waals surface area contributed by atoms with Gasteiger partial charge in [-0.25, -0.2) is 0 Å². The van der Waals surface area contributed by atoms with E-state index in [0.29, 0.717) is 6.04 Å². The van der Waals surface area contributed by atoms with Crippen LogP contribution in [0.1, 0.15) is 72.9 Å². The second-order valence-electron chi connectivity index (χ2n) is 9.51. The van der Waals surface area contributed by atoms with Crippen LogP contribution in [-0.4, -0.2) is 17.9 Å². The molecule has 0 saturated carbocycles. The topological polar surface area (TPSA) is 36.4 Å². The molecule has 3 heteroatoms. The van der Waals surface area contributed by atoms with Gasteiger partial charge in [0.15, 0.2) is 0 Å². The molecule has 2 aromatic rings. The highest BCUT2D eigenvalue weighted by molar-refractivity contribution is 6.08. The molecule has 0 aliphatic heterocycles. The van der Waals surface area contributed by atoms with Gasteiger partial charge in [-0.15, -0.1) is 0 Å². The van der Waals surface area contributed by atoms with Crippen LogP contribution in [0.4, 0.5) is 5.69 Å². The predicted octanol–water partition coefficient (Wildman–Crippen LogP) is 7.47. The third-order valence-corrected chi connectivity index (χ3v) is 5.72. The molecule has 168 valence electrons. The van der Waals surface area contributed by atoms with Crippen molar-refractivity contribution in [2.45, 2.75) is 86.2 Å². The Kier molecular flexibility index (Phi) is 8.50. The fraction of sp³-hybridized carbons (Fsp3) is 0.464. The monoisotopic (exact) mass is 419 g/mol. The number of anilines is 1. The maximum absolute atomic E-state index is 4.94. The van der Waals surface area contributed by atoms with Crippen molar-refractivity contribution in [3.8, 4) is 11.1 Å². The molecule has 0 spiro atoms. The molecular weight excluding hydrogens is 378 g/mol. The molecule has 2 N–H and O–H groups in total. The number of rotatable bonds is 8. The van der Waals surface area contributed by atoms with E-state index >= 15 is 0 Å². The van der Waals surface area contributed by atoms with Crippen molar-refractivity contribution in [3.05, 3.63) is 65.4 Å². The smallest absolute Gasteiger partial charge is 0.149 e. The Hall–Kier alpha value is -2.55. The van der Waals surface area contributed by atoms with Gasteiger partial charge >= 0.3 is 0 Å². The molecule has 0 fully saturated rings. The third kappa shape index (κ3) is 6.46. The Morgan fingerprint density at radius 1 is 1.06 bits per heavy atom. The number of hydrogen-bond donors (Lipinski definition) is 2. The highest BCUT2D eigenvalue weighted by atomic mass is 15.1. The summed E-state index contributed by atoms with van der Waals surface area (Å²) in [4.78, 5) is 4.94. The summed E-state index contributed by atoms with van der Waals surface area (Å²) in [6.45, 7) is 19.6. The maximum atomic E-state index is 4.94. The van der Waals surface area contributed by atoms with Crippen molar-refractivity contribution >= 4 is 11.5 Å². The third-order valence-electron chi connectivity index (χ3n) is 5.72. The van der Waals surface area contributed by atoms with Gasteiger partial charge in [-0.3, -0.25) is 4.99 Å². The van der Waals surface area contributed by atoms with Crippen LogP contribution < -0.4 is 10.6 Å². The molecule has 0 aliphatic rings. The minimum Gasteiger partial charge on any atom is -0.380 e. The van der Waals surface area contributed by atoms with Gasteiger partial charge in [0.25, 0.3) is 0 Å². The average molecular weight is 420 g/mol. The Morgan fingerprint density at radius 2 is 1.74 bits per heavy atom. The number of aliphatic imine (C=N–C) groups is 1. The summed E-state index contributed by atoms with van der Waals surface area (Å²) in [6.07, 6.45) is 3.16. The molecule has 0 aromatic heterocycles. The lowest BCUT2D eigenvalue weighted by Crippen LogP contribution is -2.32. The van der Waals surface area contributed by atoms with Crippen LogP contribution in [0.3, 0.4) is 0 Å². The molecule has 0 heterocycles. The zero-order valence-electron chi connectivity index (χ0n) is 20.9. The van der Waals surface area contributed by atoms with Gasteiger partial charge < -0.3 is 10.6 Å². The summed E-state index contributed by atoms with van der Waals surface area (Å²) in [7, 11) is 0. The van der Waals surface area contributed by atoms with E-state index in [2.05, 4.69) is 121 Å². The number of nitrogens with zero attached hydrogens (tertiary/aromatic N) is 1. The first-order valence-electron chi connectivity index (χ1n) is 11.6. The summed E-state index contributed by atoms with van der Waals surface area (Å²) < 4.78 is 0. The van der Waals surface area contributed by atoms with Gasteiger partial charge in [0.2, 0.25) is 0 Å². The van der Waals surface area contributed by atoms with Gasteiger partial charge in [-0.05, 0) is 81.7 Å². The summed E-state index contributed by atoms with van der Waals surface area (Å²) in [5.74, 6) is 0.890. The number of aryl methyl sites for hydroxylation is 1. The van der Waals surface area contributed by atoms with Crippen molar-refractivity contribution in [1.29, 1.82) is 0 Å². The van der Waals surface area contributed by atoms with Crippen LogP contribution in [0, 0.1) is 6.92 Å². The number of nitrogens with one attached hydrogen (secondary N) is 2. The highest BCUT2D eigenvalue weighted by Gasteiger charge is 2.23. The second-order valence-corrected chi connectivity index (χ2v) is 9.51. The largest absolute Gasteiger partial charge is 0.380 e. The first kappa shape index (κ1) is 24.7. The fourth-order valence-electron chi connectivity index (χ4n) is 3.65.